The topological polar surface area (TPSA) is 87.0 Å². The van der Waals surface area contributed by atoms with Gasteiger partial charge in [-0.1, -0.05) is 21.1 Å². The fourth-order valence-electron chi connectivity index (χ4n) is 3.81. The summed E-state index contributed by atoms with van der Waals surface area (Å²) >= 11 is 3.32. The van der Waals surface area contributed by atoms with E-state index in [1.807, 2.05) is 13.0 Å². The van der Waals surface area contributed by atoms with Crippen molar-refractivity contribution in [2.24, 2.45) is 0 Å². The maximum absolute atomic E-state index is 13.0. The molecule has 0 bridgehead atoms. The molecule has 2 aliphatic rings. The van der Waals surface area contributed by atoms with Crippen molar-refractivity contribution in [2.75, 3.05) is 26.2 Å². The van der Waals surface area contributed by atoms with Crippen molar-refractivity contribution in [3.8, 4) is 0 Å². The van der Waals surface area contributed by atoms with E-state index >= 15 is 0 Å². The molecule has 1 aromatic carbocycles. The standard InChI is InChI=1S/C20H21BrN4O4/c1-12-9-15(22-29-12)11-23-5-7-24(8-6-23)18(26)13(2)25-19(27)16-4-3-14(21)10-17(16)20(25)28/h3-4,9-10,13H,5-8,11H2,1-2H3. The first-order chi connectivity index (χ1) is 13.8. The lowest BCUT2D eigenvalue weighted by atomic mass is 10.1. The normalized spacial score (nSPS) is 18.3. The second kappa shape index (κ2) is 7.72. The van der Waals surface area contributed by atoms with E-state index in [1.54, 1.807) is 30.0 Å². The summed E-state index contributed by atoms with van der Waals surface area (Å²) in [6, 6.07) is 6.01. The second-order valence-electron chi connectivity index (χ2n) is 7.38. The molecule has 2 aromatic rings. The SMILES string of the molecule is Cc1cc(CN2CCN(C(=O)C(C)N3C(=O)c4ccc(Br)cc4C3=O)CC2)no1. The zero-order valence-corrected chi connectivity index (χ0v) is 17.8. The van der Waals surface area contributed by atoms with Gasteiger partial charge in [-0.05, 0) is 32.0 Å². The average molecular weight is 461 g/mol. The van der Waals surface area contributed by atoms with E-state index < -0.39 is 17.9 Å². The number of hydrogen-bond acceptors (Lipinski definition) is 6. The van der Waals surface area contributed by atoms with Crippen LogP contribution in [0.2, 0.25) is 0 Å². The van der Waals surface area contributed by atoms with Gasteiger partial charge in [-0.25, -0.2) is 0 Å². The molecule has 1 unspecified atom stereocenters. The Morgan fingerprint density at radius 2 is 1.83 bits per heavy atom. The molecule has 0 aliphatic carbocycles. The molecule has 2 aliphatic heterocycles. The van der Waals surface area contributed by atoms with Crippen LogP contribution in [0.15, 0.2) is 33.3 Å². The summed E-state index contributed by atoms with van der Waals surface area (Å²) in [5.74, 6) is -0.281. The van der Waals surface area contributed by atoms with Crippen LogP contribution in [0.25, 0.3) is 0 Å². The number of halogens is 1. The third kappa shape index (κ3) is 3.72. The molecule has 9 heteroatoms. The lowest BCUT2D eigenvalue weighted by Gasteiger charge is -2.36. The number of carbonyl (C=O) groups excluding carboxylic acids is 3. The number of fused-ring (bicyclic) bond motifs is 1. The molecule has 0 radical (unpaired) electrons. The number of carbonyl (C=O) groups is 3. The molecule has 1 saturated heterocycles. The third-order valence-corrected chi connectivity index (χ3v) is 5.86. The van der Waals surface area contributed by atoms with Gasteiger partial charge in [0, 0.05) is 43.3 Å². The molecular formula is C20H21BrN4O4. The van der Waals surface area contributed by atoms with Crippen LogP contribution in [0.4, 0.5) is 0 Å². The minimum absolute atomic E-state index is 0.212. The molecule has 3 amide bonds. The number of aromatic nitrogens is 1. The van der Waals surface area contributed by atoms with Gasteiger partial charge < -0.3 is 9.42 Å². The Hall–Kier alpha value is -2.52. The fourth-order valence-corrected chi connectivity index (χ4v) is 4.17. The number of imide groups is 1. The lowest BCUT2D eigenvalue weighted by Crippen LogP contribution is -2.55. The molecule has 0 saturated carbocycles. The van der Waals surface area contributed by atoms with Crippen LogP contribution < -0.4 is 0 Å². The van der Waals surface area contributed by atoms with Crippen molar-refractivity contribution in [3.63, 3.8) is 0 Å². The van der Waals surface area contributed by atoms with Crippen molar-refractivity contribution in [1.82, 2.24) is 19.9 Å². The maximum Gasteiger partial charge on any atom is 0.262 e. The summed E-state index contributed by atoms with van der Waals surface area (Å²) in [6.07, 6.45) is 0. The quantitative estimate of drug-likeness (QED) is 0.649. The van der Waals surface area contributed by atoms with Crippen molar-refractivity contribution in [3.05, 3.63) is 51.3 Å². The van der Waals surface area contributed by atoms with Gasteiger partial charge in [-0.3, -0.25) is 24.2 Å². The first-order valence-corrected chi connectivity index (χ1v) is 10.2. The highest BCUT2D eigenvalue weighted by molar-refractivity contribution is 9.10. The molecule has 0 spiro atoms. The van der Waals surface area contributed by atoms with E-state index in [4.69, 9.17) is 4.52 Å². The van der Waals surface area contributed by atoms with Crippen LogP contribution in [0.1, 0.15) is 39.1 Å². The van der Waals surface area contributed by atoms with E-state index in [9.17, 15) is 14.4 Å². The maximum atomic E-state index is 13.0. The highest BCUT2D eigenvalue weighted by Crippen LogP contribution is 2.28. The van der Waals surface area contributed by atoms with Gasteiger partial charge in [-0.15, -0.1) is 0 Å². The average Bonchev–Trinajstić information content (AvgIpc) is 3.22. The van der Waals surface area contributed by atoms with E-state index in [2.05, 4.69) is 26.0 Å². The van der Waals surface area contributed by atoms with Crippen LogP contribution in [-0.4, -0.2) is 69.8 Å². The molecule has 1 fully saturated rings. The summed E-state index contributed by atoms with van der Waals surface area (Å²) in [5, 5.41) is 4.00. The Bertz CT molecular complexity index is 981. The number of nitrogens with zero attached hydrogens (tertiary/aromatic N) is 4. The van der Waals surface area contributed by atoms with Crippen LogP contribution in [0.3, 0.4) is 0 Å². The molecule has 3 heterocycles. The predicted octanol–water partition coefficient (Wildman–Crippen LogP) is 2.07. The fraction of sp³-hybridized carbons (Fsp3) is 0.400. The molecule has 1 aromatic heterocycles. The summed E-state index contributed by atoms with van der Waals surface area (Å²) in [6.45, 7) is 6.60. The minimum atomic E-state index is -0.842. The third-order valence-electron chi connectivity index (χ3n) is 5.37. The highest BCUT2D eigenvalue weighted by atomic mass is 79.9. The molecule has 1 atom stereocenters. The van der Waals surface area contributed by atoms with E-state index in [0.29, 0.717) is 43.9 Å². The number of aryl methyl sites for hydroxylation is 1. The lowest BCUT2D eigenvalue weighted by molar-refractivity contribution is -0.136. The van der Waals surface area contributed by atoms with Crippen LogP contribution in [0, 0.1) is 6.92 Å². The predicted molar refractivity (Wildman–Crippen MR) is 107 cm³/mol. The van der Waals surface area contributed by atoms with Gasteiger partial charge in [0.15, 0.2) is 0 Å². The first-order valence-electron chi connectivity index (χ1n) is 9.46. The van der Waals surface area contributed by atoms with Gasteiger partial charge in [0.05, 0.1) is 16.8 Å². The minimum Gasteiger partial charge on any atom is -0.361 e. The van der Waals surface area contributed by atoms with E-state index in [-0.39, 0.29) is 5.91 Å². The molecule has 0 N–H and O–H groups in total. The van der Waals surface area contributed by atoms with Gasteiger partial charge in [0.2, 0.25) is 5.91 Å². The summed E-state index contributed by atoms with van der Waals surface area (Å²) < 4.78 is 5.81. The van der Waals surface area contributed by atoms with E-state index in [1.165, 1.54) is 0 Å². The summed E-state index contributed by atoms with van der Waals surface area (Å²) in [5.41, 5.74) is 1.54. The molecule has 8 nitrogen and oxygen atoms in total. The Balaban J connectivity index is 1.39. The smallest absolute Gasteiger partial charge is 0.262 e. The molecule has 4 rings (SSSR count). The van der Waals surface area contributed by atoms with Crippen molar-refractivity contribution in [2.45, 2.75) is 26.4 Å². The Morgan fingerprint density at radius 3 is 2.48 bits per heavy atom. The van der Waals surface area contributed by atoms with Crippen LogP contribution in [-0.2, 0) is 11.3 Å². The highest BCUT2D eigenvalue weighted by Gasteiger charge is 2.42. The number of rotatable bonds is 4. The largest absolute Gasteiger partial charge is 0.361 e. The van der Waals surface area contributed by atoms with Gasteiger partial charge in [-0.2, -0.15) is 0 Å². The summed E-state index contributed by atoms with van der Waals surface area (Å²) in [4.78, 5) is 43.4. The number of amides is 3. The van der Waals surface area contributed by atoms with Gasteiger partial charge >= 0.3 is 0 Å². The number of benzene rings is 1. The molecular weight excluding hydrogens is 440 g/mol. The second-order valence-corrected chi connectivity index (χ2v) is 8.29. The van der Waals surface area contributed by atoms with Crippen LogP contribution in [0.5, 0.6) is 0 Å². The Morgan fingerprint density at radius 1 is 1.14 bits per heavy atom. The Kier molecular flexibility index (Phi) is 5.26. The van der Waals surface area contributed by atoms with Crippen molar-refractivity contribution in [1.29, 1.82) is 0 Å². The molecule has 29 heavy (non-hydrogen) atoms. The number of piperazine rings is 1. The monoisotopic (exact) mass is 460 g/mol. The van der Waals surface area contributed by atoms with Crippen molar-refractivity contribution >= 4 is 33.7 Å². The zero-order valence-electron chi connectivity index (χ0n) is 16.2. The van der Waals surface area contributed by atoms with Gasteiger partial charge in [0.1, 0.15) is 11.8 Å². The van der Waals surface area contributed by atoms with E-state index in [0.717, 1.165) is 20.8 Å². The summed E-state index contributed by atoms with van der Waals surface area (Å²) in [7, 11) is 0. The Labute approximate surface area is 176 Å². The van der Waals surface area contributed by atoms with Crippen LogP contribution >= 0.6 is 15.9 Å². The zero-order chi connectivity index (χ0) is 20.7. The first kappa shape index (κ1) is 19.8. The van der Waals surface area contributed by atoms with Gasteiger partial charge in [0.25, 0.3) is 11.8 Å². The molecule has 152 valence electrons. The van der Waals surface area contributed by atoms with Crippen molar-refractivity contribution < 1.29 is 18.9 Å². The number of hydrogen-bond donors (Lipinski definition) is 0.